The largest absolute Gasteiger partial charge is 0.483 e. The highest BCUT2D eigenvalue weighted by Gasteiger charge is 2.05. The third-order valence-corrected chi connectivity index (χ3v) is 3.02. The van der Waals surface area contributed by atoms with Gasteiger partial charge in [-0.1, -0.05) is 24.4 Å². The van der Waals surface area contributed by atoms with E-state index in [1.54, 1.807) is 18.3 Å². The second kappa shape index (κ2) is 6.34. The Morgan fingerprint density at radius 3 is 2.80 bits per heavy atom. The average molecular weight is 288 g/mol. The van der Waals surface area contributed by atoms with Crippen molar-refractivity contribution in [2.75, 3.05) is 11.9 Å². The number of pyridine rings is 1. The molecule has 0 spiro atoms. The highest BCUT2D eigenvalue weighted by molar-refractivity contribution is 7.71. The van der Waals surface area contributed by atoms with Crippen molar-refractivity contribution in [1.29, 1.82) is 0 Å². The van der Waals surface area contributed by atoms with Gasteiger partial charge >= 0.3 is 0 Å². The van der Waals surface area contributed by atoms with Crippen LogP contribution in [0, 0.1) is 18.5 Å². The number of H-pyrrole nitrogens is 1. The van der Waals surface area contributed by atoms with Gasteiger partial charge in [-0.15, -0.1) is 0 Å². The molecule has 5 heteroatoms. The van der Waals surface area contributed by atoms with E-state index in [9.17, 15) is 4.79 Å². The van der Waals surface area contributed by atoms with Crippen molar-refractivity contribution >= 4 is 23.8 Å². The molecule has 1 heterocycles. The molecule has 20 heavy (non-hydrogen) atoms. The van der Waals surface area contributed by atoms with Gasteiger partial charge in [0.1, 0.15) is 10.4 Å². The van der Waals surface area contributed by atoms with Crippen LogP contribution in [0.5, 0.6) is 5.75 Å². The lowest BCUT2D eigenvalue weighted by molar-refractivity contribution is -0.118. The lowest BCUT2D eigenvalue weighted by Gasteiger charge is -2.10. The maximum Gasteiger partial charge on any atom is 0.262 e. The van der Waals surface area contributed by atoms with Crippen molar-refractivity contribution in [2.45, 2.75) is 13.8 Å². The van der Waals surface area contributed by atoms with E-state index >= 15 is 0 Å². The van der Waals surface area contributed by atoms with Crippen LogP contribution in [0.3, 0.4) is 0 Å². The molecule has 104 valence electrons. The van der Waals surface area contributed by atoms with E-state index in [1.165, 1.54) is 0 Å². The lowest BCUT2D eigenvalue weighted by atomic mass is 10.1. The fraction of sp³-hybridized carbons (Fsp3) is 0.200. The van der Waals surface area contributed by atoms with E-state index in [-0.39, 0.29) is 12.5 Å². The third kappa shape index (κ3) is 3.93. The van der Waals surface area contributed by atoms with Gasteiger partial charge in [-0.25, -0.2) is 0 Å². The van der Waals surface area contributed by atoms with Gasteiger partial charge in [0.2, 0.25) is 0 Å². The molecule has 2 aromatic rings. The molecule has 2 N–H and O–H groups in total. The molecule has 1 aromatic heterocycles. The number of aromatic nitrogens is 1. The maximum atomic E-state index is 11.8. The Balaban J connectivity index is 1.93. The van der Waals surface area contributed by atoms with E-state index in [4.69, 9.17) is 17.0 Å². The fourth-order valence-electron chi connectivity index (χ4n) is 1.69. The van der Waals surface area contributed by atoms with Crippen molar-refractivity contribution in [3.63, 3.8) is 0 Å². The topological polar surface area (TPSA) is 54.1 Å². The molecule has 0 aliphatic heterocycles. The minimum atomic E-state index is -0.212. The second-order valence-electron chi connectivity index (χ2n) is 4.55. The summed E-state index contributed by atoms with van der Waals surface area (Å²) in [5.74, 6) is 0.518. The molecule has 0 bridgehead atoms. The Morgan fingerprint density at radius 2 is 2.10 bits per heavy atom. The summed E-state index contributed by atoms with van der Waals surface area (Å²) in [6.45, 7) is 3.91. The first-order valence-corrected chi connectivity index (χ1v) is 6.64. The zero-order valence-electron chi connectivity index (χ0n) is 11.4. The molecule has 0 aliphatic rings. The molecule has 0 radical (unpaired) electrons. The normalized spacial score (nSPS) is 10.1. The number of aryl methyl sites for hydroxylation is 2. The summed E-state index contributed by atoms with van der Waals surface area (Å²) in [7, 11) is 0. The van der Waals surface area contributed by atoms with Crippen molar-refractivity contribution in [2.24, 2.45) is 0 Å². The van der Waals surface area contributed by atoms with Crippen LogP contribution >= 0.6 is 12.2 Å². The molecule has 0 atom stereocenters. The molecule has 4 nitrogen and oxygen atoms in total. The van der Waals surface area contributed by atoms with Gasteiger partial charge in [-0.2, -0.15) is 0 Å². The van der Waals surface area contributed by atoms with E-state index in [2.05, 4.69) is 10.3 Å². The van der Waals surface area contributed by atoms with E-state index in [0.717, 1.165) is 16.9 Å². The van der Waals surface area contributed by atoms with Gasteiger partial charge in [-0.05, 0) is 43.2 Å². The van der Waals surface area contributed by atoms with Crippen molar-refractivity contribution in [3.8, 4) is 5.75 Å². The van der Waals surface area contributed by atoms with Crippen molar-refractivity contribution in [3.05, 3.63) is 52.3 Å². The monoisotopic (exact) mass is 288 g/mol. The summed E-state index contributed by atoms with van der Waals surface area (Å²) in [5.41, 5.74) is 2.77. The standard InChI is InChI=1S/C15H16N2O2S/c1-10-3-4-11(2)13(7-10)19-9-14(18)17-12-5-6-15(20)16-8-12/h3-8H,9H2,1-2H3,(H,16,20)(H,17,18). The number of aromatic amines is 1. The van der Waals surface area contributed by atoms with E-state index in [1.807, 2.05) is 32.0 Å². The number of rotatable bonds is 4. The number of amides is 1. The van der Waals surface area contributed by atoms with Crippen LogP contribution in [0.25, 0.3) is 0 Å². The Labute approximate surface area is 122 Å². The van der Waals surface area contributed by atoms with Gasteiger partial charge in [-0.3, -0.25) is 4.79 Å². The zero-order chi connectivity index (χ0) is 14.5. The average Bonchev–Trinajstić information content (AvgIpc) is 2.42. The molecular weight excluding hydrogens is 272 g/mol. The Bertz CT molecular complexity index is 659. The lowest BCUT2D eigenvalue weighted by Crippen LogP contribution is -2.20. The number of nitrogens with one attached hydrogen (secondary N) is 2. The molecule has 0 saturated heterocycles. The molecule has 1 amide bonds. The van der Waals surface area contributed by atoms with E-state index in [0.29, 0.717) is 10.3 Å². The number of carbonyl (C=O) groups excluding carboxylic acids is 1. The number of anilines is 1. The smallest absolute Gasteiger partial charge is 0.262 e. The van der Waals surface area contributed by atoms with Crippen molar-refractivity contribution in [1.82, 2.24) is 4.98 Å². The summed E-state index contributed by atoms with van der Waals surface area (Å²) in [6.07, 6.45) is 1.65. The Morgan fingerprint density at radius 1 is 1.30 bits per heavy atom. The third-order valence-electron chi connectivity index (χ3n) is 2.77. The summed E-state index contributed by atoms with van der Waals surface area (Å²) in [4.78, 5) is 14.6. The zero-order valence-corrected chi connectivity index (χ0v) is 12.2. The van der Waals surface area contributed by atoms with Crippen molar-refractivity contribution < 1.29 is 9.53 Å². The van der Waals surface area contributed by atoms with Crippen LogP contribution in [-0.4, -0.2) is 17.5 Å². The summed E-state index contributed by atoms with van der Waals surface area (Å²) >= 11 is 4.93. The first kappa shape index (κ1) is 14.3. The van der Waals surface area contributed by atoms with Crippen LogP contribution in [0.4, 0.5) is 5.69 Å². The Hall–Kier alpha value is -2.14. The van der Waals surface area contributed by atoms with Gasteiger partial charge < -0.3 is 15.0 Å². The summed E-state index contributed by atoms with van der Waals surface area (Å²) < 4.78 is 6.15. The molecule has 0 saturated carbocycles. The van der Waals surface area contributed by atoms with Gasteiger partial charge in [0.15, 0.2) is 6.61 Å². The van der Waals surface area contributed by atoms with Gasteiger partial charge in [0.25, 0.3) is 5.91 Å². The van der Waals surface area contributed by atoms with Crippen LogP contribution in [0.1, 0.15) is 11.1 Å². The minimum absolute atomic E-state index is 0.0279. The number of benzene rings is 1. The summed E-state index contributed by atoms with van der Waals surface area (Å²) in [5, 5.41) is 2.73. The minimum Gasteiger partial charge on any atom is -0.483 e. The highest BCUT2D eigenvalue weighted by Crippen LogP contribution is 2.19. The quantitative estimate of drug-likeness (QED) is 0.848. The number of hydrogen-bond acceptors (Lipinski definition) is 3. The molecule has 0 fully saturated rings. The fourth-order valence-corrected chi connectivity index (χ4v) is 1.82. The maximum absolute atomic E-state index is 11.8. The SMILES string of the molecule is Cc1ccc(C)c(OCC(=O)Nc2ccc(=S)[nH]c2)c1. The molecule has 0 aliphatic carbocycles. The van der Waals surface area contributed by atoms with Crippen LogP contribution in [-0.2, 0) is 4.79 Å². The van der Waals surface area contributed by atoms with E-state index < -0.39 is 0 Å². The molecule has 1 aromatic carbocycles. The molecule has 2 rings (SSSR count). The number of ether oxygens (including phenoxy) is 1. The first-order chi connectivity index (χ1) is 9.54. The number of carbonyl (C=O) groups is 1. The predicted molar refractivity (Wildman–Crippen MR) is 81.7 cm³/mol. The van der Waals surface area contributed by atoms with Gasteiger partial charge in [0.05, 0.1) is 5.69 Å². The molecular formula is C15H16N2O2S. The Kier molecular flexibility index (Phi) is 4.53. The van der Waals surface area contributed by atoms with Crippen LogP contribution in [0.2, 0.25) is 0 Å². The highest BCUT2D eigenvalue weighted by atomic mass is 32.1. The predicted octanol–water partition coefficient (Wildman–Crippen LogP) is 3.38. The first-order valence-electron chi connectivity index (χ1n) is 6.23. The van der Waals surface area contributed by atoms with Crippen LogP contribution in [0.15, 0.2) is 36.5 Å². The van der Waals surface area contributed by atoms with Crippen LogP contribution < -0.4 is 10.1 Å². The van der Waals surface area contributed by atoms with Gasteiger partial charge in [0, 0.05) is 6.20 Å². The second-order valence-corrected chi connectivity index (χ2v) is 4.99. The summed E-state index contributed by atoms with van der Waals surface area (Å²) in [6, 6.07) is 9.36. The molecule has 0 unspecified atom stereocenters. The number of hydrogen-bond donors (Lipinski definition) is 2.